The molecule has 5 nitrogen and oxygen atoms in total. The van der Waals surface area contributed by atoms with Crippen molar-refractivity contribution in [2.45, 2.75) is 26.7 Å². The number of aromatic amines is 1. The summed E-state index contributed by atoms with van der Waals surface area (Å²) in [7, 11) is 0. The molecule has 2 aromatic heterocycles. The van der Waals surface area contributed by atoms with Crippen LogP contribution in [0.3, 0.4) is 0 Å². The molecule has 0 saturated carbocycles. The maximum Gasteiger partial charge on any atom is 0.447 e. The molecule has 0 aliphatic carbocycles. The topological polar surface area (TPSA) is 67.5 Å². The van der Waals surface area contributed by atoms with E-state index in [1.807, 2.05) is 6.92 Å². The Morgan fingerprint density at radius 1 is 1.47 bits per heavy atom. The molecule has 15 heavy (non-hydrogen) atoms. The van der Waals surface area contributed by atoms with Crippen LogP contribution in [0.2, 0.25) is 0 Å². The first-order valence-corrected chi connectivity index (χ1v) is 4.88. The van der Waals surface area contributed by atoms with Crippen LogP contribution in [-0.4, -0.2) is 9.56 Å². The van der Waals surface area contributed by atoms with E-state index in [9.17, 15) is 9.59 Å². The summed E-state index contributed by atoms with van der Waals surface area (Å²) >= 11 is 0. The third-order valence-corrected chi connectivity index (χ3v) is 2.40. The van der Waals surface area contributed by atoms with E-state index < -0.39 is 5.76 Å². The van der Waals surface area contributed by atoms with Gasteiger partial charge in [0.25, 0.3) is 5.56 Å². The minimum Gasteiger partial charge on any atom is -0.322 e. The summed E-state index contributed by atoms with van der Waals surface area (Å²) in [5.74, 6) is -0.656. The van der Waals surface area contributed by atoms with Crippen molar-refractivity contribution < 1.29 is 4.52 Å². The zero-order valence-electron chi connectivity index (χ0n) is 8.66. The summed E-state index contributed by atoms with van der Waals surface area (Å²) in [5.41, 5.74) is 1.64. The van der Waals surface area contributed by atoms with E-state index in [-0.39, 0.29) is 5.56 Å². The lowest BCUT2D eigenvalue weighted by Gasteiger charge is -2.01. The van der Waals surface area contributed by atoms with Crippen molar-refractivity contribution in [1.29, 1.82) is 0 Å². The zero-order valence-corrected chi connectivity index (χ0v) is 8.66. The number of rotatable bonds is 2. The van der Waals surface area contributed by atoms with Crippen molar-refractivity contribution in [3.05, 3.63) is 38.1 Å². The minimum absolute atomic E-state index is 0.320. The Bertz CT molecular complexity index is 603. The summed E-state index contributed by atoms with van der Waals surface area (Å²) in [6.07, 6.45) is 1.75. The molecule has 0 aromatic carbocycles. The van der Waals surface area contributed by atoms with Gasteiger partial charge in [-0.1, -0.05) is 13.3 Å². The summed E-state index contributed by atoms with van der Waals surface area (Å²) in [4.78, 5) is 22.9. The van der Waals surface area contributed by atoms with E-state index in [2.05, 4.69) is 9.68 Å². The molecule has 2 heterocycles. The van der Waals surface area contributed by atoms with Crippen LogP contribution in [0.5, 0.6) is 0 Å². The lowest BCUT2D eigenvalue weighted by Crippen LogP contribution is -2.24. The predicted molar refractivity (Wildman–Crippen MR) is 55.3 cm³/mol. The van der Waals surface area contributed by atoms with Crippen LogP contribution in [0.15, 0.2) is 20.2 Å². The molecule has 2 rings (SSSR count). The number of pyridine rings is 1. The van der Waals surface area contributed by atoms with Crippen LogP contribution in [0.25, 0.3) is 5.65 Å². The number of nitrogens with zero attached hydrogens (tertiary/aromatic N) is 1. The number of hydrogen-bond donors (Lipinski definition) is 1. The van der Waals surface area contributed by atoms with Gasteiger partial charge in [-0.2, -0.15) is 9.56 Å². The van der Waals surface area contributed by atoms with Gasteiger partial charge in [0.05, 0.1) is 0 Å². The number of H-pyrrole nitrogens is 1. The predicted octanol–water partition coefficient (Wildman–Crippen LogP) is 0.842. The molecular formula is C10H12N2O3. The van der Waals surface area contributed by atoms with Gasteiger partial charge in [-0.3, -0.25) is 4.79 Å². The minimum atomic E-state index is -0.656. The maximum absolute atomic E-state index is 11.6. The summed E-state index contributed by atoms with van der Waals surface area (Å²) in [5, 5.41) is 2.48. The van der Waals surface area contributed by atoms with Crippen LogP contribution in [-0.2, 0) is 6.42 Å². The van der Waals surface area contributed by atoms with Gasteiger partial charge in [0.1, 0.15) is 0 Å². The van der Waals surface area contributed by atoms with Crippen molar-refractivity contribution >= 4 is 5.65 Å². The quantitative estimate of drug-likeness (QED) is 0.795. The van der Waals surface area contributed by atoms with Crippen molar-refractivity contribution in [3.8, 4) is 0 Å². The van der Waals surface area contributed by atoms with Crippen molar-refractivity contribution in [2.24, 2.45) is 0 Å². The molecule has 2 aromatic rings. The molecule has 0 bridgehead atoms. The van der Waals surface area contributed by atoms with E-state index in [0.717, 1.165) is 22.8 Å². The fraction of sp³-hybridized carbons (Fsp3) is 0.400. The smallest absolute Gasteiger partial charge is 0.322 e. The largest absolute Gasteiger partial charge is 0.447 e. The van der Waals surface area contributed by atoms with Gasteiger partial charge < -0.3 is 4.52 Å². The number of nitrogens with one attached hydrogen (secondary N) is 1. The molecule has 1 N–H and O–H groups in total. The number of hydrogen-bond acceptors (Lipinski definition) is 3. The Balaban J connectivity index is 2.90. The highest BCUT2D eigenvalue weighted by Gasteiger charge is 2.11. The second-order valence-electron chi connectivity index (χ2n) is 3.56. The zero-order chi connectivity index (χ0) is 11.0. The average molecular weight is 208 g/mol. The van der Waals surface area contributed by atoms with Crippen LogP contribution in [0, 0.1) is 6.92 Å². The third kappa shape index (κ3) is 1.40. The van der Waals surface area contributed by atoms with Gasteiger partial charge >= 0.3 is 5.76 Å². The first-order chi connectivity index (χ1) is 7.15. The molecule has 0 radical (unpaired) electrons. The third-order valence-electron chi connectivity index (χ3n) is 2.40. The van der Waals surface area contributed by atoms with Crippen LogP contribution in [0.1, 0.15) is 24.5 Å². The van der Waals surface area contributed by atoms with Gasteiger partial charge in [-0.05, 0) is 25.0 Å². The summed E-state index contributed by atoms with van der Waals surface area (Å²) < 4.78 is 5.66. The molecule has 0 aliphatic rings. The standard InChI is InChI=1S/C10H12N2O3/c1-3-4-7-5-6(2)9(13)12-8(7)11-15-10(12)14/h5,11H,3-4H2,1-2H3. The van der Waals surface area contributed by atoms with Gasteiger partial charge in [-0.25, -0.2) is 4.79 Å². The Hall–Kier alpha value is -1.78. The maximum atomic E-state index is 11.6. The average Bonchev–Trinajstić information content (AvgIpc) is 2.57. The van der Waals surface area contributed by atoms with Crippen molar-refractivity contribution in [3.63, 3.8) is 0 Å². The van der Waals surface area contributed by atoms with Crippen LogP contribution < -0.4 is 11.3 Å². The Kier molecular flexibility index (Phi) is 2.22. The van der Waals surface area contributed by atoms with Gasteiger partial charge in [-0.15, -0.1) is 0 Å². The molecule has 0 fully saturated rings. The lowest BCUT2D eigenvalue weighted by molar-refractivity contribution is 0.386. The van der Waals surface area contributed by atoms with E-state index >= 15 is 0 Å². The molecule has 0 unspecified atom stereocenters. The van der Waals surface area contributed by atoms with Gasteiger partial charge in [0.15, 0.2) is 5.65 Å². The van der Waals surface area contributed by atoms with Crippen molar-refractivity contribution in [2.75, 3.05) is 0 Å². The molecule has 0 amide bonds. The summed E-state index contributed by atoms with van der Waals surface area (Å²) in [6, 6.07) is 1.80. The number of fused-ring (bicyclic) bond motifs is 1. The molecule has 0 spiro atoms. The molecule has 80 valence electrons. The fourth-order valence-electron chi connectivity index (χ4n) is 1.70. The Morgan fingerprint density at radius 2 is 2.20 bits per heavy atom. The first-order valence-electron chi connectivity index (χ1n) is 4.88. The molecule has 0 aliphatic heterocycles. The van der Waals surface area contributed by atoms with E-state index in [0.29, 0.717) is 11.2 Å². The highest BCUT2D eigenvalue weighted by atomic mass is 16.5. The Labute approximate surface area is 85.3 Å². The van der Waals surface area contributed by atoms with Gasteiger partial charge in [0, 0.05) is 5.56 Å². The summed E-state index contributed by atoms with van der Waals surface area (Å²) in [6.45, 7) is 3.73. The normalized spacial score (nSPS) is 11.1. The second kappa shape index (κ2) is 3.42. The number of aryl methyl sites for hydroxylation is 2. The second-order valence-corrected chi connectivity index (χ2v) is 3.56. The lowest BCUT2D eigenvalue weighted by atomic mass is 10.1. The monoisotopic (exact) mass is 208 g/mol. The van der Waals surface area contributed by atoms with Gasteiger partial charge in [0.2, 0.25) is 0 Å². The van der Waals surface area contributed by atoms with Crippen LogP contribution in [0.4, 0.5) is 0 Å². The molecule has 0 saturated heterocycles. The number of aromatic nitrogens is 2. The van der Waals surface area contributed by atoms with E-state index in [4.69, 9.17) is 0 Å². The molecule has 0 atom stereocenters. The SMILES string of the molecule is CCCc1cc(C)c(=O)n2c(=O)o[nH]c12. The highest BCUT2D eigenvalue weighted by molar-refractivity contribution is 5.47. The highest BCUT2D eigenvalue weighted by Crippen LogP contribution is 2.08. The molecular weight excluding hydrogens is 196 g/mol. The van der Waals surface area contributed by atoms with Crippen LogP contribution >= 0.6 is 0 Å². The Morgan fingerprint density at radius 3 is 2.87 bits per heavy atom. The molecule has 5 heteroatoms. The van der Waals surface area contributed by atoms with Crippen molar-refractivity contribution in [1.82, 2.24) is 9.56 Å². The fourth-order valence-corrected chi connectivity index (χ4v) is 1.70. The first kappa shape index (κ1) is 9.76. The van der Waals surface area contributed by atoms with E-state index in [1.54, 1.807) is 13.0 Å². The van der Waals surface area contributed by atoms with E-state index in [1.165, 1.54) is 0 Å².